The molecule has 0 aliphatic rings. The number of halogens is 1. The van der Waals surface area contributed by atoms with Crippen LogP contribution in [0.15, 0.2) is 91.0 Å². The minimum atomic E-state index is 0.923. The van der Waals surface area contributed by atoms with Gasteiger partial charge in [-0.2, -0.15) is 0 Å². The van der Waals surface area contributed by atoms with Crippen molar-refractivity contribution >= 4 is 31.2 Å². The number of aromatic nitrogens is 2. The maximum absolute atomic E-state index is 4.78. The van der Waals surface area contributed by atoms with Crippen LogP contribution in [0.5, 0.6) is 0 Å². The Bertz CT molecular complexity index is 1160. The third-order valence-electron chi connectivity index (χ3n) is 4.54. The van der Waals surface area contributed by atoms with Crippen LogP contribution >= 0.6 is 9.42 Å². The number of rotatable bonds is 2. The molecule has 0 atom stereocenters. The number of pyridine rings is 2. The Morgan fingerprint density at radius 2 is 1.00 bits per heavy atom. The Morgan fingerprint density at radius 3 is 1.50 bits per heavy atom. The predicted molar refractivity (Wildman–Crippen MR) is 113 cm³/mol. The van der Waals surface area contributed by atoms with Crippen LogP contribution in [0.4, 0.5) is 0 Å². The van der Waals surface area contributed by atoms with E-state index in [-0.39, 0.29) is 0 Å². The van der Waals surface area contributed by atoms with E-state index in [0.29, 0.717) is 0 Å². The molecular weight excluding hydrogens is 547 g/mol. The minimum Gasteiger partial charge on any atom is -0.287 e. The molecule has 0 aliphatic carbocycles. The summed E-state index contributed by atoms with van der Waals surface area (Å²) in [5.41, 5.74) is 5.78. The Labute approximate surface area is 179 Å². The molecule has 0 radical (unpaired) electrons. The number of fused-ring (bicyclic) bond motifs is 2. The van der Waals surface area contributed by atoms with Gasteiger partial charge in [-0.1, -0.05) is 71.8 Å². The van der Waals surface area contributed by atoms with E-state index >= 15 is 0 Å². The number of benzene rings is 3. The fourth-order valence-corrected chi connectivity index (χ4v) is 3.20. The van der Waals surface area contributed by atoms with Crippen molar-refractivity contribution in [3.63, 3.8) is 0 Å². The summed E-state index contributed by atoms with van der Waals surface area (Å²) in [5, 5.41) is 2.28. The zero-order chi connectivity index (χ0) is 19.3. The van der Waals surface area contributed by atoms with Crippen molar-refractivity contribution in [1.29, 1.82) is 0 Å². The largest absolute Gasteiger partial charge is 0.287 e. The molecule has 0 unspecified atom stereocenters. The van der Waals surface area contributed by atoms with E-state index in [1.165, 1.54) is 0 Å². The molecule has 0 amide bonds. The van der Waals surface area contributed by atoms with Gasteiger partial charge in [0.2, 0.25) is 0 Å². The van der Waals surface area contributed by atoms with Crippen molar-refractivity contribution in [3.8, 4) is 22.5 Å². The van der Waals surface area contributed by atoms with Gasteiger partial charge >= 0.3 is 28.2 Å². The summed E-state index contributed by atoms with van der Waals surface area (Å²) in [7, 11) is 4.61. The average Bonchev–Trinajstić information content (AvgIpc) is 2.80. The van der Waals surface area contributed by atoms with Crippen LogP contribution < -0.4 is 0 Å². The first-order chi connectivity index (χ1) is 13.9. The summed E-state index contributed by atoms with van der Waals surface area (Å²) in [4.78, 5) is 9.56. The second kappa shape index (κ2) is 8.64. The molecule has 0 saturated carbocycles. The quantitative estimate of drug-likeness (QED) is 0.227. The van der Waals surface area contributed by atoms with Crippen LogP contribution in [-0.2, 0) is 18.8 Å². The fourth-order valence-electron chi connectivity index (χ4n) is 3.20. The van der Waals surface area contributed by atoms with Crippen LogP contribution in [0.2, 0.25) is 0 Å². The van der Waals surface area contributed by atoms with Crippen LogP contribution in [-0.4, -0.2) is 9.97 Å². The Balaban J connectivity index is 0.000000932. The summed E-state index contributed by atoms with van der Waals surface area (Å²) in [6.07, 6.45) is 0. The van der Waals surface area contributed by atoms with E-state index in [2.05, 4.69) is 39.7 Å². The molecule has 4 heteroatoms. The van der Waals surface area contributed by atoms with Crippen molar-refractivity contribution in [2.45, 2.75) is 0 Å². The standard InChI is InChI=1S/C24H15N2.ClH.Pt/c1-3-10-21-17(6-1)12-14-23(25-21)19-8-5-9-20(16-19)24-15-13-18-7-2-4-11-22(18)26-24;;/h1-15H;1H;/q-1;;+2/p-1. The molecule has 0 aliphatic heterocycles. The molecule has 0 bridgehead atoms. The SMILES string of the molecule is [Cl][Pt+].[c-]1c(-c2ccc3ccccc3n2)cccc1-c1ccc2ccccc2n1. The molecule has 0 spiro atoms. The summed E-state index contributed by atoms with van der Waals surface area (Å²) in [6, 6.07) is 34.2. The van der Waals surface area contributed by atoms with Gasteiger partial charge in [0.15, 0.2) is 0 Å². The van der Waals surface area contributed by atoms with Gasteiger partial charge in [-0.15, -0.1) is 24.3 Å². The van der Waals surface area contributed by atoms with E-state index in [0.717, 1.165) is 44.3 Å². The first-order valence-electron chi connectivity index (χ1n) is 8.73. The number of hydrogen-bond acceptors (Lipinski definition) is 2. The smallest absolute Gasteiger partial charge is 0.0617 e. The summed E-state index contributed by atoms with van der Waals surface area (Å²) in [5.74, 6) is 0. The predicted octanol–water partition coefficient (Wildman–Crippen LogP) is 6.60. The van der Waals surface area contributed by atoms with Gasteiger partial charge in [0.1, 0.15) is 0 Å². The van der Waals surface area contributed by atoms with E-state index in [9.17, 15) is 0 Å². The molecule has 2 nitrogen and oxygen atoms in total. The van der Waals surface area contributed by atoms with Crippen molar-refractivity contribution in [1.82, 2.24) is 9.97 Å². The van der Waals surface area contributed by atoms with Gasteiger partial charge in [-0.3, -0.25) is 9.97 Å². The zero-order valence-corrected chi connectivity index (χ0v) is 17.8. The van der Waals surface area contributed by atoms with Crippen LogP contribution in [0.3, 0.4) is 0 Å². The monoisotopic (exact) mass is 561 g/mol. The third-order valence-corrected chi connectivity index (χ3v) is 4.54. The normalized spacial score (nSPS) is 10.5. The van der Waals surface area contributed by atoms with E-state index in [4.69, 9.17) is 9.97 Å². The van der Waals surface area contributed by atoms with Crippen molar-refractivity contribution < 1.29 is 18.8 Å². The first kappa shape index (κ1) is 18.8. The molecule has 2 aromatic heterocycles. The Kier molecular flexibility index (Phi) is 5.81. The molecule has 28 heavy (non-hydrogen) atoms. The molecule has 0 saturated heterocycles. The second-order valence-electron chi connectivity index (χ2n) is 6.26. The van der Waals surface area contributed by atoms with Crippen LogP contribution in [0, 0.1) is 6.07 Å². The molecular formula is C24H15ClN2Pt. The maximum Gasteiger partial charge on any atom is 0.0617 e. The number of hydrogen-bond donors (Lipinski definition) is 0. The summed E-state index contributed by atoms with van der Waals surface area (Å²) >= 11 is 1.61. The number of nitrogens with zero attached hydrogens (tertiary/aromatic N) is 2. The van der Waals surface area contributed by atoms with Gasteiger partial charge < -0.3 is 0 Å². The van der Waals surface area contributed by atoms with E-state index in [1.807, 2.05) is 66.7 Å². The number of para-hydroxylation sites is 2. The molecule has 0 fully saturated rings. The molecule has 5 aromatic rings. The topological polar surface area (TPSA) is 25.8 Å². The van der Waals surface area contributed by atoms with Gasteiger partial charge in [0, 0.05) is 11.4 Å². The van der Waals surface area contributed by atoms with Gasteiger partial charge in [0.25, 0.3) is 0 Å². The van der Waals surface area contributed by atoms with Gasteiger partial charge in [-0.25, -0.2) is 0 Å². The second-order valence-corrected chi connectivity index (χ2v) is 6.26. The van der Waals surface area contributed by atoms with Crippen molar-refractivity contribution in [2.75, 3.05) is 0 Å². The van der Waals surface area contributed by atoms with Crippen LogP contribution in [0.1, 0.15) is 0 Å². The molecule has 3 aromatic carbocycles. The van der Waals surface area contributed by atoms with Gasteiger partial charge in [-0.05, 0) is 22.9 Å². The fraction of sp³-hybridized carbons (Fsp3) is 0. The van der Waals surface area contributed by atoms with Crippen molar-refractivity contribution in [3.05, 3.63) is 97.1 Å². The minimum absolute atomic E-state index is 0.923. The molecule has 5 rings (SSSR count). The third kappa shape index (κ3) is 3.85. The molecule has 2 heterocycles. The van der Waals surface area contributed by atoms with Crippen LogP contribution in [0.25, 0.3) is 44.3 Å². The molecule has 138 valence electrons. The first-order valence-corrected chi connectivity index (χ1v) is 11.5. The van der Waals surface area contributed by atoms with Crippen molar-refractivity contribution in [2.24, 2.45) is 0 Å². The average molecular weight is 562 g/mol. The van der Waals surface area contributed by atoms with E-state index in [1.54, 1.807) is 18.8 Å². The zero-order valence-electron chi connectivity index (χ0n) is 14.7. The van der Waals surface area contributed by atoms with E-state index < -0.39 is 0 Å². The summed E-state index contributed by atoms with van der Waals surface area (Å²) in [6.45, 7) is 0. The molecule has 0 N–H and O–H groups in total. The summed E-state index contributed by atoms with van der Waals surface area (Å²) < 4.78 is 0. The van der Waals surface area contributed by atoms with Gasteiger partial charge in [0.05, 0.1) is 11.0 Å². The Hall–Kier alpha value is -2.54. The Morgan fingerprint density at radius 1 is 0.536 bits per heavy atom. The maximum atomic E-state index is 4.78.